The van der Waals surface area contributed by atoms with Gasteiger partial charge in [-0.15, -0.1) is 0 Å². The van der Waals surface area contributed by atoms with Crippen molar-refractivity contribution in [2.75, 3.05) is 38.5 Å². The van der Waals surface area contributed by atoms with E-state index in [0.717, 1.165) is 82.1 Å². The number of nitrogens with zero attached hydrogens (tertiary/aromatic N) is 2. The monoisotopic (exact) mass is 455 g/mol. The molecule has 6 aliphatic rings. The lowest BCUT2D eigenvalue weighted by molar-refractivity contribution is -0.130. The lowest BCUT2D eigenvalue weighted by Gasteiger charge is -2.54. The smallest absolute Gasteiger partial charge is 0.223 e. The van der Waals surface area contributed by atoms with Gasteiger partial charge in [0.1, 0.15) is 0 Å². The number of carbonyl (C=O) groups is 1. The molecule has 0 aromatic rings. The number of likely N-dealkylation sites (tertiary alicyclic amines) is 1. The highest BCUT2D eigenvalue weighted by Gasteiger charge is 2.49. The number of rotatable bonds is 6. The highest BCUT2D eigenvalue weighted by atomic mass is 32.2. The lowest BCUT2D eigenvalue weighted by atomic mass is 9.54. The fourth-order valence-corrected chi connectivity index (χ4v) is 8.53. The van der Waals surface area contributed by atoms with E-state index in [1.807, 2.05) is 0 Å². The molecule has 6 fully saturated rings. The fraction of sp³-hybridized carbons (Fsp3) is 0.957. The molecule has 4 N–H and O–H groups in total. The molecular weight excluding hydrogens is 414 g/mol. The average Bonchev–Trinajstić information content (AvgIpc) is 2.75. The van der Waals surface area contributed by atoms with Gasteiger partial charge in [-0.1, -0.05) is 0 Å². The Morgan fingerprint density at radius 2 is 1.48 bits per heavy atom. The van der Waals surface area contributed by atoms with Crippen LogP contribution >= 0.6 is 0 Å². The third-order valence-electron chi connectivity index (χ3n) is 8.79. The van der Waals surface area contributed by atoms with E-state index in [2.05, 4.69) is 14.5 Å². The molecule has 4 saturated carbocycles. The number of amides is 1. The molecule has 2 aliphatic heterocycles. The topological polar surface area (TPSA) is 104 Å². The fourth-order valence-electron chi connectivity index (χ4n) is 7.24. The molecule has 0 radical (unpaired) electrons. The Morgan fingerprint density at radius 3 is 2.06 bits per heavy atom. The van der Waals surface area contributed by atoms with Gasteiger partial charge < -0.3 is 20.8 Å². The van der Waals surface area contributed by atoms with Gasteiger partial charge in [0.05, 0.1) is 22.8 Å². The summed E-state index contributed by atoms with van der Waals surface area (Å²) in [5.41, 5.74) is 0. The normalized spacial score (nSPS) is 38.0. The van der Waals surface area contributed by atoms with Crippen molar-refractivity contribution < 1.29 is 19.6 Å². The molecule has 1 atom stereocenters. The maximum atomic E-state index is 13.0. The predicted molar refractivity (Wildman–Crippen MR) is 122 cm³/mol. The number of aliphatic hydroxyl groups excluding tert-OH is 1. The first-order valence-electron chi connectivity index (χ1n) is 12.4. The summed E-state index contributed by atoms with van der Waals surface area (Å²) in [5, 5.41) is 13.1. The second-order valence-electron chi connectivity index (χ2n) is 10.8. The molecule has 8 heteroatoms. The van der Waals surface area contributed by atoms with Gasteiger partial charge in [-0.3, -0.25) is 4.79 Å². The van der Waals surface area contributed by atoms with Crippen molar-refractivity contribution in [3.8, 4) is 0 Å². The Hall–Kier alpha value is -0.540. The standard InChI is InChI=1S/C23H39N3O3S.H2O/c27-21-3-5-25(6-4-21)9-10-30(29)26-7-1-18(2-8-26)23(28)24-22-19-12-16-11-17(14-19)15-20(22)13-16;/h16-22,27H,1-15H2,(H,24,28);1H2. The third kappa shape index (κ3) is 5.35. The second-order valence-corrected chi connectivity index (χ2v) is 12.3. The molecule has 1 unspecified atom stereocenters. The minimum Gasteiger partial charge on any atom is -0.412 e. The van der Waals surface area contributed by atoms with E-state index in [1.54, 1.807) is 0 Å². The van der Waals surface area contributed by atoms with Crippen molar-refractivity contribution in [2.45, 2.75) is 69.9 Å². The summed E-state index contributed by atoms with van der Waals surface area (Å²) in [6.07, 6.45) is 9.97. The Bertz CT molecular complexity index is 619. The number of aliphatic hydroxyl groups is 1. The van der Waals surface area contributed by atoms with E-state index in [0.29, 0.717) is 11.8 Å². The minimum atomic E-state index is -0.957. The second kappa shape index (κ2) is 10.2. The summed E-state index contributed by atoms with van der Waals surface area (Å²) in [6.45, 7) is 4.19. The quantitative estimate of drug-likeness (QED) is 0.622. The first kappa shape index (κ1) is 23.6. The molecule has 7 nitrogen and oxygen atoms in total. The molecule has 0 spiro atoms. The summed E-state index contributed by atoms with van der Waals surface area (Å²) >= 11 is 0. The molecule has 1 amide bonds. The lowest BCUT2D eigenvalue weighted by Crippen LogP contribution is -2.57. The summed E-state index contributed by atoms with van der Waals surface area (Å²) in [4.78, 5) is 15.3. The summed E-state index contributed by atoms with van der Waals surface area (Å²) in [5.74, 6) is 4.37. The van der Waals surface area contributed by atoms with E-state index >= 15 is 0 Å². The largest absolute Gasteiger partial charge is 0.412 e. The summed E-state index contributed by atoms with van der Waals surface area (Å²) in [7, 11) is -0.957. The van der Waals surface area contributed by atoms with Crippen LogP contribution < -0.4 is 5.32 Å². The van der Waals surface area contributed by atoms with E-state index in [1.165, 1.54) is 32.1 Å². The van der Waals surface area contributed by atoms with Crippen molar-refractivity contribution in [1.29, 1.82) is 0 Å². The summed E-state index contributed by atoms with van der Waals surface area (Å²) < 4.78 is 14.8. The molecular formula is C23H41N3O4S. The minimum absolute atomic E-state index is 0. The average molecular weight is 456 g/mol. The number of carbonyl (C=O) groups excluding carboxylic acids is 1. The van der Waals surface area contributed by atoms with Crippen molar-refractivity contribution in [1.82, 2.24) is 14.5 Å². The third-order valence-corrected chi connectivity index (χ3v) is 10.3. The molecule has 2 saturated heterocycles. The van der Waals surface area contributed by atoms with Gasteiger partial charge in [0.25, 0.3) is 0 Å². The molecule has 2 heterocycles. The van der Waals surface area contributed by atoms with E-state index < -0.39 is 11.0 Å². The van der Waals surface area contributed by atoms with E-state index in [-0.39, 0.29) is 23.4 Å². The zero-order chi connectivity index (χ0) is 20.7. The molecule has 31 heavy (non-hydrogen) atoms. The maximum absolute atomic E-state index is 13.0. The predicted octanol–water partition coefficient (Wildman–Crippen LogP) is 0.935. The van der Waals surface area contributed by atoms with Gasteiger partial charge in [0, 0.05) is 44.7 Å². The first-order valence-corrected chi connectivity index (χ1v) is 13.7. The van der Waals surface area contributed by atoms with Crippen LogP contribution in [0.5, 0.6) is 0 Å². The van der Waals surface area contributed by atoms with Crippen LogP contribution in [0.2, 0.25) is 0 Å². The van der Waals surface area contributed by atoms with Gasteiger partial charge >= 0.3 is 0 Å². The summed E-state index contributed by atoms with van der Waals surface area (Å²) in [6, 6.07) is 0.431. The van der Waals surface area contributed by atoms with Crippen molar-refractivity contribution >= 4 is 16.9 Å². The molecule has 6 rings (SSSR count). The molecule has 4 bridgehead atoms. The Kier molecular flexibility index (Phi) is 7.74. The molecule has 0 aromatic carbocycles. The van der Waals surface area contributed by atoms with Crippen LogP contribution in [0.1, 0.15) is 57.8 Å². The zero-order valence-corrected chi connectivity index (χ0v) is 19.5. The van der Waals surface area contributed by atoms with Crippen LogP contribution in [0, 0.1) is 29.6 Å². The molecule has 178 valence electrons. The van der Waals surface area contributed by atoms with Crippen molar-refractivity contribution in [2.24, 2.45) is 29.6 Å². The van der Waals surface area contributed by atoms with E-state index in [4.69, 9.17) is 0 Å². The Balaban J connectivity index is 0.00000231. The van der Waals surface area contributed by atoms with Gasteiger partial charge in [0.15, 0.2) is 0 Å². The van der Waals surface area contributed by atoms with Crippen molar-refractivity contribution in [3.05, 3.63) is 0 Å². The highest BCUT2D eigenvalue weighted by molar-refractivity contribution is 7.82. The first-order chi connectivity index (χ1) is 14.5. The van der Waals surface area contributed by atoms with Gasteiger partial charge in [0.2, 0.25) is 5.91 Å². The molecule has 0 aromatic heterocycles. The number of hydrogen-bond acceptors (Lipinski definition) is 4. The SMILES string of the molecule is O.O=C(NC1C2CC3CC(C2)CC1C3)C1CCN(S(=O)CCN2CCC(O)CC2)CC1. The van der Waals surface area contributed by atoms with Crippen LogP contribution in [-0.2, 0) is 15.8 Å². The van der Waals surface area contributed by atoms with Crippen LogP contribution in [0.25, 0.3) is 0 Å². The zero-order valence-electron chi connectivity index (χ0n) is 18.7. The number of nitrogens with one attached hydrogen (secondary N) is 1. The van der Waals surface area contributed by atoms with Crippen LogP contribution in [0.4, 0.5) is 0 Å². The van der Waals surface area contributed by atoms with Crippen LogP contribution in [0.3, 0.4) is 0 Å². The van der Waals surface area contributed by atoms with Gasteiger partial charge in [-0.25, -0.2) is 8.51 Å². The maximum Gasteiger partial charge on any atom is 0.223 e. The number of hydrogen-bond donors (Lipinski definition) is 2. The van der Waals surface area contributed by atoms with E-state index in [9.17, 15) is 14.1 Å². The van der Waals surface area contributed by atoms with Crippen LogP contribution in [0.15, 0.2) is 0 Å². The van der Waals surface area contributed by atoms with Crippen molar-refractivity contribution in [3.63, 3.8) is 0 Å². The van der Waals surface area contributed by atoms with Crippen LogP contribution in [-0.4, -0.2) is 80.5 Å². The number of piperidine rings is 2. The van der Waals surface area contributed by atoms with Gasteiger partial charge in [-0.2, -0.15) is 0 Å². The Morgan fingerprint density at radius 1 is 0.903 bits per heavy atom. The molecule has 4 aliphatic carbocycles. The highest BCUT2D eigenvalue weighted by Crippen LogP contribution is 2.53. The Labute approximate surface area is 189 Å². The van der Waals surface area contributed by atoms with Gasteiger partial charge in [-0.05, 0) is 81.5 Å².